The molecule has 0 saturated heterocycles. The summed E-state index contributed by atoms with van der Waals surface area (Å²) in [7, 11) is 2.03. The van der Waals surface area contributed by atoms with Crippen LogP contribution in [-0.4, -0.2) is 7.05 Å². The van der Waals surface area contributed by atoms with Crippen LogP contribution in [0.2, 0.25) is 0 Å². The molecule has 1 heterocycles. The number of rotatable bonds is 2. The zero-order valence-corrected chi connectivity index (χ0v) is 9.36. The Balaban J connectivity index is 2.01. The van der Waals surface area contributed by atoms with E-state index in [0.29, 0.717) is 6.04 Å². The Kier molecular flexibility index (Phi) is 2.29. The smallest absolute Gasteiger partial charge is 0.0980 e. The van der Waals surface area contributed by atoms with E-state index in [0.717, 1.165) is 5.56 Å². The minimum Gasteiger partial charge on any atom is -0.472 e. The van der Waals surface area contributed by atoms with E-state index >= 15 is 0 Å². The summed E-state index contributed by atoms with van der Waals surface area (Å²) >= 11 is 0. The average molecular weight is 213 g/mol. The fourth-order valence-electron chi connectivity index (χ4n) is 2.53. The molecule has 1 aliphatic carbocycles. The van der Waals surface area contributed by atoms with Crippen LogP contribution in [0.15, 0.2) is 41.2 Å². The molecule has 1 N–H and O–H groups in total. The summed E-state index contributed by atoms with van der Waals surface area (Å²) in [5.74, 6) is 0. The van der Waals surface area contributed by atoms with E-state index in [-0.39, 0.29) is 0 Å². The van der Waals surface area contributed by atoms with Gasteiger partial charge in [-0.15, -0.1) is 0 Å². The van der Waals surface area contributed by atoms with Crippen molar-refractivity contribution in [1.29, 1.82) is 0 Å². The third-order valence-electron chi connectivity index (χ3n) is 3.42. The number of nitrogens with one attached hydrogen (secondary N) is 1. The Morgan fingerprint density at radius 3 is 2.94 bits per heavy atom. The normalized spacial score (nSPS) is 18.7. The van der Waals surface area contributed by atoms with Gasteiger partial charge < -0.3 is 9.73 Å². The number of aryl methyl sites for hydroxylation is 1. The quantitative estimate of drug-likeness (QED) is 0.829. The minimum absolute atomic E-state index is 0.536. The number of furan rings is 1. The Morgan fingerprint density at radius 1 is 1.25 bits per heavy atom. The molecule has 2 aromatic rings. The summed E-state index contributed by atoms with van der Waals surface area (Å²) in [5.41, 5.74) is 5.34. The van der Waals surface area contributed by atoms with Gasteiger partial charge >= 0.3 is 0 Å². The van der Waals surface area contributed by atoms with E-state index in [9.17, 15) is 0 Å². The van der Waals surface area contributed by atoms with Crippen molar-refractivity contribution >= 4 is 0 Å². The van der Waals surface area contributed by atoms with Crippen LogP contribution >= 0.6 is 0 Å². The summed E-state index contributed by atoms with van der Waals surface area (Å²) in [5, 5.41) is 3.36. The SMILES string of the molecule is CNC1CCc2cc(-c3ccoc3)ccc21. The van der Waals surface area contributed by atoms with Gasteiger partial charge in [0.1, 0.15) is 0 Å². The predicted molar refractivity (Wildman–Crippen MR) is 64.3 cm³/mol. The molecule has 0 amide bonds. The molecule has 0 spiro atoms. The van der Waals surface area contributed by atoms with Crippen molar-refractivity contribution in [2.75, 3.05) is 7.05 Å². The maximum Gasteiger partial charge on any atom is 0.0980 e. The van der Waals surface area contributed by atoms with E-state index in [2.05, 4.69) is 23.5 Å². The van der Waals surface area contributed by atoms with Crippen LogP contribution in [0.25, 0.3) is 11.1 Å². The van der Waals surface area contributed by atoms with Crippen LogP contribution in [0.5, 0.6) is 0 Å². The van der Waals surface area contributed by atoms with Crippen molar-refractivity contribution in [3.63, 3.8) is 0 Å². The molecular weight excluding hydrogens is 198 g/mol. The Morgan fingerprint density at radius 2 is 2.19 bits per heavy atom. The molecule has 82 valence electrons. The molecule has 1 unspecified atom stereocenters. The molecule has 1 aromatic heterocycles. The monoisotopic (exact) mass is 213 g/mol. The molecule has 1 aromatic carbocycles. The highest BCUT2D eigenvalue weighted by molar-refractivity contribution is 5.64. The van der Waals surface area contributed by atoms with Crippen LogP contribution in [-0.2, 0) is 6.42 Å². The fourth-order valence-corrected chi connectivity index (χ4v) is 2.53. The lowest BCUT2D eigenvalue weighted by Crippen LogP contribution is -2.12. The standard InChI is InChI=1S/C14H15NO/c1-15-14-5-3-11-8-10(2-4-13(11)14)12-6-7-16-9-12/h2,4,6-9,14-15H,3,5H2,1H3. The van der Waals surface area contributed by atoms with Crippen LogP contribution in [0.1, 0.15) is 23.6 Å². The minimum atomic E-state index is 0.536. The lowest BCUT2D eigenvalue weighted by molar-refractivity contribution is 0.568. The predicted octanol–water partition coefficient (Wildman–Crippen LogP) is 3.15. The van der Waals surface area contributed by atoms with Crippen molar-refractivity contribution in [3.8, 4) is 11.1 Å². The third kappa shape index (κ3) is 1.46. The number of fused-ring (bicyclic) bond motifs is 1. The summed E-state index contributed by atoms with van der Waals surface area (Å²) < 4.78 is 5.12. The van der Waals surface area contributed by atoms with Crippen LogP contribution in [0.3, 0.4) is 0 Å². The molecule has 0 aliphatic heterocycles. The first kappa shape index (κ1) is 9.67. The van der Waals surface area contributed by atoms with Gasteiger partial charge in [0.25, 0.3) is 0 Å². The van der Waals surface area contributed by atoms with E-state index in [4.69, 9.17) is 4.42 Å². The van der Waals surface area contributed by atoms with Gasteiger partial charge in [0.15, 0.2) is 0 Å². The second-order valence-corrected chi connectivity index (χ2v) is 4.31. The number of hydrogen-bond acceptors (Lipinski definition) is 2. The Labute approximate surface area is 95.3 Å². The zero-order valence-electron chi connectivity index (χ0n) is 9.36. The van der Waals surface area contributed by atoms with Crippen molar-refractivity contribution in [2.24, 2.45) is 0 Å². The Hall–Kier alpha value is -1.54. The summed E-state index contributed by atoms with van der Waals surface area (Å²) in [6.45, 7) is 0. The Bertz CT molecular complexity index is 487. The molecule has 0 saturated carbocycles. The first-order valence-corrected chi connectivity index (χ1v) is 5.71. The van der Waals surface area contributed by atoms with Crippen molar-refractivity contribution in [1.82, 2.24) is 5.32 Å². The topological polar surface area (TPSA) is 25.2 Å². The van der Waals surface area contributed by atoms with E-state index in [1.165, 1.54) is 29.5 Å². The molecular formula is C14H15NO. The van der Waals surface area contributed by atoms with Gasteiger partial charge in [0.05, 0.1) is 12.5 Å². The van der Waals surface area contributed by atoms with Gasteiger partial charge in [-0.2, -0.15) is 0 Å². The lowest BCUT2D eigenvalue weighted by atomic mass is 10.0. The van der Waals surface area contributed by atoms with E-state index < -0.39 is 0 Å². The van der Waals surface area contributed by atoms with Gasteiger partial charge in [-0.3, -0.25) is 0 Å². The van der Waals surface area contributed by atoms with Gasteiger partial charge in [-0.25, -0.2) is 0 Å². The van der Waals surface area contributed by atoms with Crippen molar-refractivity contribution < 1.29 is 4.42 Å². The van der Waals surface area contributed by atoms with Gasteiger partial charge in [0.2, 0.25) is 0 Å². The van der Waals surface area contributed by atoms with Crippen molar-refractivity contribution in [2.45, 2.75) is 18.9 Å². The highest BCUT2D eigenvalue weighted by atomic mass is 16.3. The first-order valence-electron chi connectivity index (χ1n) is 5.71. The zero-order chi connectivity index (χ0) is 11.0. The largest absolute Gasteiger partial charge is 0.472 e. The van der Waals surface area contributed by atoms with E-state index in [1.807, 2.05) is 13.1 Å². The lowest BCUT2D eigenvalue weighted by Gasteiger charge is -2.10. The molecule has 0 bridgehead atoms. The van der Waals surface area contributed by atoms with Crippen LogP contribution in [0.4, 0.5) is 0 Å². The van der Waals surface area contributed by atoms with E-state index in [1.54, 1.807) is 12.5 Å². The van der Waals surface area contributed by atoms with Crippen LogP contribution in [0, 0.1) is 0 Å². The fraction of sp³-hybridized carbons (Fsp3) is 0.286. The summed E-state index contributed by atoms with van der Waals surface area (Å²) in [6.07, 6.45) is 5.90. The highest BCUT2D eigenvalue weighted by Gasteiger charge is 2.20. The molecule has 0 radical (unpaired) electrons. The summed E-state index contributed by atoms with van der Waals surface area (Å²) in [4.78, 5) is 0. The maximum absolute atomic E-state index is 5.12. The maximum atomic E-state index is 5.12. The van der Waals surface area contributed by atoms with Gasteiger partial charge in [-0.1, -0.05) is 18.2 Å². The number of benzene rings is 1. The molecule has 16 heavy (non-hydrogen) atoms. The third-order valence-corrected chi connectivity index (χ3v) is 3.42. The van der Waals surface area contributed by atoms with Crippen molar-refractivity contribution in [3.05, 3.63) is 47.9 Å². The molecule has 2 nitrogen and oxygen atoms in total. The molecule has 0 fully saturated rings. The molecule has 1 aliphatic rings. The molecule has 2 heteroatoms. The second-order valence-electron chi connectivity index (χ2n) is 4.31. The second kappa shape index (κ2) is 3.80. The first-order chi connectivity index (χ1) is 7.88. The molecule has 1 atom stereocenters. The number of hydrogen-bond donors (Lipinski definition) is 1. The molecule has 3 rings (SSSR count). The highest BCUT2D eigenvalue weighted by Crippen LogP contribution is 2.33. The summed E-state index contributed by atoms with van der Waals surface area (Å²) in [6, 6.07) is 9.25. The average Bonchev–Trinajstić information content (AvgIpc) is 2.97. The van der Waals surface area contributed by atoms with Gasteiger partial charge in [0, 0.05) is 11.6 Å². The van der Waals surface area contributed by atoms with Crippen LogP contribution < -0.4 is 5.32 Å². The van der Waals surface area contributed by atoms with Gasteiger partial charge in [-0.05, 0) is 42.6 Å².